The van der Waals surface area contributed by atoms with Gasteiger partial charge in [0.2, 0.25) is 0 Å². The van der Waals surface area contributed by atoms with Gasteiger partial charge in [0.05, 0.1) is 18.3 Å². The summed E-state index contributed by atoms with van der Waals surface area (Å²) in [7, 11) is 3.39. The number of hydrogen-bond donors (Lipinski definition) is 3. The minimum Gasteiger partial charge on any atom is -0.495 e. The monoisotopic (exact) mass is 215 g/mol. The van der Waals surface area contributed by atoms with Gasteiger partial charge in [0.25, 0.3) is 0 Å². The van der Waals surface area contributed by atoms with Gasteiger partial charge in [-0.05, 0) is 24.7 Å². The molecule has 0 saturated carbocycles. The van der Waals surface area contributed by atoms with Crippen molar-refractivity contribution in [3.63, 3.8) is 0 Å². The van der Waals surface area contributed by atoms with Crippen LogP contribution in [0.3, 0.4) is 0 Å². The van der Waals surface area contributed by atoms with Crippen LogP contribution in [0.15, 0.2) is 18.2 Å². The lowest BCUT2D eigenvalue weighted by molar-refractivity contribution is 0.414. The van der Waals surface area contributed by atoms with Gasteiger partial charge in [-0.25, -0.2) is 5.43 Å². The highest BCUT2D eigenvalue weighted by Gasteiger charge is 2.08. The number of halogens is 1. The van der Waals surface area contributed by atoms with Gasteiger partial charge in [-0.1, -0.05) is 17.7 Å². The van der Waals surface area contributed by atoms with E-state index < -0.39 is 0 Å². The number of hydrazine groups is 1. The second-order valence-electron chi connectivity index (χ2n) is 2.78. The molecule has 4 N–H and O–H groups in total. The highest BCUT2D eigenvalue weighted by molar-refractivity contribution is 6.32. The van der Waals surface area contributed by atoms with E-state index in [0.717, 1.165) is 5.56 Å². The third-order valence-electron chi connectivity index (χ3n) is 1.96. The molecule has 1 unspecified atom stereocenters. The quantitative estimate of drug-likeness (QED) is 0.399. The molecule has 0 heterocycles. The maximum absolute atomic E-state index is 5.97. The van der Waals surface area contributed by atoms with Gasteiger partial charge >= 0.3 is 0 Å². The van der Waals surface area contributed by atoms with E-state index >= 15 is 0 Å². The van der Waals surface area contributed by atoms with E-state index in [0.29, 0.717) is 10.8 Å². The Morgan fingerprint density at radius 3 is 2.64 bits per heavy atom. The summed E-state index contributed by atoms with van der Waals surface area (Å²) in [5.74, 6) is 6.00. The molecule has 0 aliphatic carbocycles. The van der Waals surface area contributed by atoms with Crippen molar-refractivity contribution in [1.29, 1.82) is 0 Å². The van der Waals surface area contributed by atoms with Gasteiger partial charge in [-0.3, -0.25) is 5.84 Å². The Balaban J connectivity index is 2.95. The number of hydrogen-bond acceptors (Lipinski definition) is 4. The summed E-state index contributed by atoms with van der Waals surface area (Å²) in [6.07, 6.45) is -0.113. The van der Waals surface area contributed by atoms with Crippen molar-refractivity contribution in [2.45, 2.75) is 6.17 Å². The molecule has 0 amide bonds. The van der Waals surface area contributed by atoms with Crippen LogP contribution in [0.25, 0.3) is 0 Å². The van der Waals surface area contributed by atoms with Gasteiger partial charge in [0.1, 0.15) is 5.75 Å². The molecule has 5 heteroatoms. The fourth-order valence-corrected chi connectivity index (χ4v) is 1.47. The number of nitrogens with one attached hydrogen (secondary N) is 2. The van der Waals surface area contributed by atoms with Crippen molar-refractivity contribution in [1.82, 2.24) is 10.7 Å². The summed E-state index contributed by atoms with van der Waals surface area (Å²) in [5, 5.41) is 3.57. The molecule has 1 rings (SSSR count). The molecule has 0 fully saturated rings. The first-order chi connectivity index (χ1) is 6.72. The highest BCUT2D eigenvalue weighted by atomic mass is 35.5. The van der Waals surface area contributed by atoms with Crippen molar-refractivity contribution in [2.75, 3.05) is 14.2 Å². The van der Waals surface area contributed by atoms with E-state index in [4.69, 9.17) is 22.2 Å². The average molecular weight is 216 g/mol. The molecule has 0 aromatic heterocycles. The second-order valence-corrected chi connectivity index (χ2v) is 3.19. The average Bonchev–Trinajstić information content (AvgIpc) is 2.20. The molecule has 0 aliphatic rings. The van der Waals surface area contributed by atoms with E-state index in [-0.39, 0.29) is 6.17 Å². The summed E-state index contributed by atoms with van der Waals surface area (Å²) in [6, 6.07) is 5.51. The Morgan fingerprint density at radius 1 is 1.50 bits per heavy atom. The SMILES string of the molecule is CNC(NN)c1ccc(OC)c(Cl)c1. The standard InChI is InChI=1S/C9H14ClN3O/c1-12-9(13-11)6-3-4-8(14-2)7(10)5-6/h3-5,9,12-13H,11H2,1-2H3. The second kappa shape index (κ2) is 5.17. The Labute approximate surface area is 88.4 Å². The topological polar surface area (TPSA) is 59.3 Å². The minimum atomic E-state index is -0.113. The molecule has 0 spiro atoms. The largest absolute Gasteiger partial charge is 0.495 e. The van der Waals surface area contributed by atoms with Gasteiger partial charge in [-0.2, -0.15) is 0 Å². The summed E-state index contributed by atoms with van der Waals surface area (Å²) in [5.41, 5.74) is 3.58. The molecule has 1 aromatic carbocycles. The zero-order valence-corrected chi connectivity index (χ0v) is 8.93. The lowest BCUT2D eigenvalue weighted by Gasteiger charge is -2.16. The van der Waals surface area contributed by atoms with Crippen LogP contribution in [0.4, 0.5) is 0 Å². The molecule has 0 saturated heterocycles. The maximum atomic E-state index is 5.97. The van der Waals surface area contributed by atoms with Gasteiger partial charge in [-0.15, -0.1) is 0 Å². The van der Waals surface area contributed by atoms with Crippen LogP contribution in [0.2, 0.25) is 5.02 Å². The number of methoxy groups -OCH3 is 1. The normalized spacial score (nSPS) is 12.6. The third-order valence-corrected chi connectivity index (χ3v) is 2.26. The van der Waals surface area contributed by atoms with Crippen LogP contribution in [0.5, 0.6) is 5.75 Å². The van der Waals surface area contributed by atoms with Gasteiger partial charge in [0.15, 0.2) is 0 Å². The van der Waals surface area contributed by atoms with Crippen LogP contribution in [0, 0.1) is 0 Å². The number of benzene rings is 1. The first-order valence-electron chi connectivity index (χ1n) is 4.19. The van der Waals surface area contributed by atoms with E-state index in [1.54, 1.807) is 19.2 Å². The smallest absolute Gasteiger partial charge is 0.137 e. The molecule has 0 bridgehead atoms. The Bertz CT molecular complexity index is 302. The predicted molar refractivity (Wildman–Crippen MR) is 57.1 cm³/mol. The van der Waals surface area contributed by atoms with Crippen molar-refractivity contribution in [3.05, 3.63) is 28.8 Å². The fourth-order valence-electron chi connectivity index (χ4n) is 1.21. The van der Waals surface area contributed by atoms with Crippen LogP contribution in [-0.2, 0) is 0 Å². The van der Waals surface area contributed by atoms with Crippen molar-refractivity contribution < 1.29 is 4.74 Å². The van der Waals surface area contributed by atoms with Crippen molar-refractivity contribution in [3.8, 4) is 5.75 Å². The minimum absolute atomic E-state index is 0.113. The van der Waals surface area contributed by atoms with E-state index in [2.05, 4.69) is 10.7 Å². The summed E-state index contributed by atoms with van der Waals surface area (Å²) in [6.45, 7) is 0. The van der Waals surface area contributed by atoms with E-state index in [1.807, 2.05) is 13.1 Å². The molecule has 4 nitrogen and oxygen atoms in total. The molecular weight excluding hydrogens is 202 g/mol. The molecule has 1 atom stereocenters. The molecule has 14 heavy (non-hydrogen) atoms. The van der Waals surface area contributed by atoms with Crippen molar-refractivity contribution in [2.24, 2.45) is 5.84 Å². The lowest BCUT2D eigenvalue weighted by Crippen LogP contribution is -2.36. The first kappa shape index (κ1) is 11.3. The van der Waals surface area contributed by atoms with Crippen molar-refractivity contribution >= 4 is 11.6 Å². The van der Waals surface area contributed by atoms with E-state index in [9.17, 15) is 0 Å². The highest BCUT2D eigenvalue weighted by Crippen LogP contribution is 2.26. The third kappa shape index (κ3) is 2.36. The Kier molecular flexibility index (Phi) is 4.16. The number of rotatable bonds is 4. The maximum Gasteiger partial charge on any atom is 0.137 e. The van der Waals surface area contributed by atoms with Crippen LogP contribution in [-0.4, -0.2) is 14.2 Å². The summed E-state index contributed by atoms with van der Waals surface area (Å²) < 4.78 is 5.04. The van der Waals surface area contributed by atoms with Crippen LogP contribution < -0.4 is 21.3 Å². The summed E-state index contributed by atoms with van der Waals surface area (Å²) in [4.78, 5) is 0. The molecule has 78 valence electrons. The Hall–Kier alpha value is -0.810. The van der Waals surface area contributed by atoms with E-state index in [1.165, 1.54) is 0 Å². The Morgan fingerprint density at radius 2 is 2.21 bits per heavy atom. The lowest BCUT2D eigenvalue weighted by atomic mass is 10.1. The molecule has 0 aliphatic heterocycles. The van der Waals surface area contributed by atoms with Gasteiger partial charge < -0.3 is 10.1 Å². The van der Waals surface area contributed by atoms with Gasteiger partial charge in [0, 0.05) is 0 Å². The first-order valence-corrected chi connectivity index (χ1v) is 4.57. The molecular formula is C9H14ClN3O. The summed E-state index contributed by atoms with van der Waals surface area (Å²) >= 11 is 5.97. The number of nitrogens with two attached hydrogens (primary N) is 1. The zero-order valence-electron chi connectivity index (χ0n) is 8.17. The van der Waals surface area contributed by atoms with Crippen LogP contribution in [0.1, 0.15) is 11.7 Å². The number of ether oxygens (including phenoxy) is 1. The molecule has 0 radical (unpaired) electrons. The molecule has 1 aromatic rings. The van der Waals surface area contributed by atoms with Crippen LogP contribution >= 0.6 is 11.6 Å². The predicted octanol–water partition coefficient (Wildman–Crippen LogP) is 1.03. The zero-order chi connectivity index (χ0) is 10.6. The fraction of sp³-hybridized carbons (Fsp3) is 0.333.